The lowest BCUT2D eigenvalue weighted by Gasteiger charge is -2.13. The van der Waals surface area contributed by atoms with Crippen LogP contribution in [0.1, 0.15) is 24.0 Å². The summed E-state index contributed by atoms with van der Waals surface area (Å²) in [4.78, 5) is 4.39. The fraction of sp³-hybridized carbons (Fsp3) is 0.357. The number of thiol groups is 1. The van der Waals surface area contributed by atoms with E-state index in [4.69, 9.17) is 11.6 Å². The molecular weight excluding hydrogens is 280 g/mol. The molecule has 0 aliphatic heterocycles. The van der Waals surface area contributed by atoms with Crippen LogP contribution in [0, 0.1) is 0 Å². The van der Waals surface area contributed by atoms with Crippen molar-refractivity contribution < 1.29 is 5.11 Å². The van der Waals surface area contributed by atoms with Gasteiger partial charge in [-0.25, -0.2) is 4.98 Å². The van der Waals surface area contributed by atoms with E-state index < -0.39 is 0 Å². The second-order valence-electron chi connectivity index (χ2n) is 4.55. The van der Waals surface area contributed by atoms with Crippen LogP contribution >= 0.6 is 24.2 Å². The predicted molar refractivity (Wildman–Crippen MR) is 80.9 cm³/mol. The van der Waals surface area contributed by atoms with Gasteiger partial charge in [0.05, 0.1) is 18.5 Å². The predicted octanol–water partition coefficient (Wildman–Crippen LogP) is 2.94. The van der Waals surface area contributed by atoms with Crippen molar-refractivity contribution >= 4 is 24.2 Å². The van der Waals surface area contributed by atoms with E-state index in [1.54, 1.807) is 6.20 Å². The summed E-state index contributed by atoms with van der Waals surface area (Å²) in [5, 5.41) is 10.3. The fourth-order valence-corrected chi connectivity index (χ4v) is 2.39. The average Bonchev–Trinajstić information content (AvgIpc) is 2.74. The normalized spacial score (nSPS) is 12.6. The molecule has 2 rings (SSSR count). The third-order valence-corrected chi connectivity index (χ3v) is 3.47. The fourth-order valence-electron chi connectivity index (χ4n) is 2.02. The van der Waals surface area contributed by atoms with Gasteiger partial charge in [0, 0.05) is 23.2 Å². The topological polar surface area (TPSA) is 38.0 Å². The van der Waals surface area contributed by atoms with E-state index in [1.165, 1.54) is 0 Å². The summed E-state index contributed by atoms with van der Waals surface area (Å²) >= 11 is 10.6. The zero-order chi connectivity index (χ0) is 13.8. The van der Waals surface area contributed by atoms with Crippen LogP contribution in [0.2, 0.25) is 5.02 Å². The molecule has 2 aromatic rings. The molecule has 1 atom stereocenters. The van der Waals surface area contributed by atoms with Crippen LogP contribution in [0.25, 0.3) is 0 Å². The van der Waals surface area contributed by atoms with Gasteiger partial charge in [-0.3, -0.25) is 0 Å². The third-order valence-electron chi connectivity index (χ3n) is 2.94. The number of benzene rings is 1. The summed E-state index contributed by atoms with van der Waals surface area (Å²) in [5.74, 6) is 0.901. The number of nitrogens with zero attached hydrogens (tertiary/aromatic N) is 2. The summed E-state index contributed by atoms with van der Waals surface area (Å²) in [5.41, 5.74) is 1.84. The molecule has 1 aromatic carbocycles. The molecule has 1 N–H and O–H groups in total. The van der Waals surface area contributed by atoms with Crippen molar-refractivity contribution in [3.8, 4) is 0 Å². The highest BCUT2D eigenvalue weighted by atomic mass is 35.5. The van der Waals surface area contributed by atoms with E-state index in [1.807, 2.05) is 35.8 Å². The zero-order valence-corrected chi connectivity index (χ0v) is 12.4. The second-order valence-corrected chi connectivity index (χ2v) is 5.84. The Balaban J connectivity index is 2.30. The van der Waals surface area contributed by atoms with Crippen LogP contribution in [-0.2, 0) is 19.6 Å². The lowest BCUT2D eigenvalue weighted by molar-refractivity contribution is 0.270. The number of aromatic nitrogens is 2. The van der Waals surface area contributed by atoms with Gasteiger partial charge in [0.15, 0.2) is 0 Å². The van der Waals surface area contributed by atoms with Gasteiger partial charge in [0.25, 0.3) is 0 Å². The highest BCUT2D eigenvalue weighted by Gasteiger charge is 2.12. The Morgan fingerprint density at radius 2 is 2.16 bits per heavy atom. The molecule has 0 saturated heterocycles. The second kappa shape index (κ2) is 6.46. The van der Waals surface area contributed by atoms with Crippen molar-refractivity contribution in [2.75, 3.05) is 0 Å². The van der Waals surface area contributed by atoms with Crippen molar-refractivity contribution in [2.45, 2.75) is 31.7 Å². The van der Waals surface area contributed by atoms with Gasteiger partial charge in [-0.15, -0.1) is 0 Å². The zero-order valence-electron chi connectivity index (χ0n) is 10.8. The van der Waals surface area contributed by atoms with Crippen LogP contribution in [0.15, 0.2) is 30.5 Å². The molecule has 5 heteroatoms. The van der Waals surface area contributed by atoms with Crippen molar-refractivity contribution in [3.05, 3.63) is 52.6 Å². The number of hydrogen-bond acceptors (Lipinski definition) is 3. The van der Waals surface area contributed by atoms with E-state index in [0.717, 1.165) is 28.6 Å². The first-order valence-electron chi connectivity index (χ1n) is 6.17. The van der Waals surface area contributed by atoms with Crippen LogP contribution in [0.3, 0.4) is 0 Å². The monoisotopic (exact) mass is 296 g/mol. The van der Waals surface area contributed by atoms with Gasteiger partial charge in [-0.1, -0.05) is 36.7 Å². The number of aliphatic hydroxyl groups excluding tert-OH is 1. The molecule has 19 heavy (non-hydrogen) atoms. The molecule has 0 aliphatic carbocycles. The molecule has 0 amide bonds. The Labute approximate surface area is 123 Å². The molecular formula is C14H17ClN2OS. The van der Waals surface area contributed by atoms with Gasteiger partial charge >= 0.3 is 0 Å². The maximum absolute atomic E-state index is 9.35. The van der Waals surface area contributed by atoms with Crippen LogP contribution < -0.4 is 0 Å². The largest absolute Gasteiger partial charge is 0.390 e. The molecule has 0 fully saturated rings. The molecule has 1 aromatic heterocycles. The molecule has 0 aliphatic rings. The average molecular weight is 297 g/mol. The van der Waals surface area contributed by atoms with Crippen LogP contribution in [-0.4, -0.2) is 19.9 Å². The smallest absolute Gasteiger partial charge is 0.113 e. The maximum atomic E-state index is 9.35. The molecule has 102 valence electrons. The third kappa shape index (κ3) is 3.53. The molecule has 0 radical (unpaired) electrons. The molecule has 0 spiro atoms. The Kier molecular flexibility index (Phi) is 4.91. The number of hydrogen-bond donors (Lipinski definition) is 2. The SMILES string of the molecule is CC(S)Cn1c(CO)cnc1Cc1ccccc1Cl. The van der Waals surface area contributed by atoms with E-state index >= 15 is 0 Å². The van der Waals surface area contributed by atoms with E-state index in [2.05, 4.69) is 17.6 Å². The van der Waals surface area contributed by atoms with Gasteiger partial charge in [-0.05, 0) is 11.6 Å². The van der Waals surface area contributed by atoms with Crippen molar-refractivity contribution in [1.29, 1.82) is 0 Å². The van der Waals surface area contributed by atoms with Crippen LogP contribution in [0.4, 0.5) is 0 Å². The Morgan fingerprint density at radius 1 is 1.42 bits per heavy atom. The Morgan fingerprint density at radius 3 is 2.79 bits per heavy atom. The minimum Gasteiger partial charge on any atom is -0.390 e. The van der Waals surface area contributed by atoms with Crippen molar-refractivity contribution in [1.82, 2.24) is 9.55 Å². The first-order valence-corrected chi connectivity index (χ1v) is 7.07. The first kappa shape index (κ1) is 14.4. The van der Waals surface area contributed by atoms with Crippen molar-refractivity contribution in [3.63, 3.8) is 0 Å². The van der Waals surface area contributed by atoms with E-state index in [0.29, 0.717) is 6.42 Å². The number of halogens is 1. The van der Waals surface area contributed by atoms with Crippen molar-refractivity contribution in [2.24, 2.45) is 0 Å². The highest BCUT2D eigenvalue weighted by molar-refractivity contribution is 7.80. The summed E-state index contributed by atoms with van der Waals surface area (Å²) in [6, 6.07) is 7.73. The number of imidazole rings is 1. The van der Waals surface area contributed by atoms with Gasteiger partial charge in [0.2, 0.25) is 0 Å². The quantitative estimate of drug-likeness (QED) is 0.833. The van der Waals surface area contributed by atoms with E-state index in [9.17, 15) is 5.11 Å². The molecule has 1 unspecified atom stereocenters. The first-order chi connectivity index (χ1) is 9.11. The summed E-state index contributed by atoms with van der Waals surface area (Å²) < 4.78 is 2.01. The summed E-state index contributed by atoms with van der Waals surface area (Å²) in [6.45, 7) is 2.72. The molecule has 1 heterocycles. The number of rotatable bonds is 5. The van der Waals surface area contributed by atoms with Gasteiger partial charge < -0.3 is 9.67 Å². The minimum absolute atomic E-state index is 0.0178. The summed E-state index contributed by atoms with van der Waals surface area (Å²) in [7, 11) is 0. The Hall–Kier alpha value is -0.970. The minimum atomic E-state index is -0.0178. The molecule has 0 bridgehead atoms. The summed E-state index contributed by atoms with van der Waals surface area (Å²) in [6.07, 6.45) is 2.36. The number of aliphatic hydroxyl groups is 1. The Bertz CT molecular complexity index is 554. The maximum Gasteiger partial charge on any atom is 0.113 e. The lowest BCUT2D eigenvalue weighted by Crippen LogP contribution is -2.14. The van der Waals surface area contributed by atoms with Crippen LogP contribution in [0.5, 0.6) is 0 Å². The highest BCUT2D eigenvalue weighted by Crippen LogP contribution is 2.20. The standard InChI is InChI=1S/C14H17ClN2OS/c1-10(19)8-17-12(9-18)7-16-14(17)6-11-4-2-3-5-13(11)15/h2-5,7,10,18-19H,6,8-9H2,1H3. The molecule has 0 saturated carbocycles. The van der Waals surface area contributed by atoms with Gasteiger partial charge in [-0.2, -0.15) is 12.6 Å². The molecule has 3 nitrogen and oxygen atoms in total. The van der Waals surface area contributed by atoms with E-state index in [-0.39, 0.29) is 11.9 Å². The van der Waals surface area contributed by atoms with Gasteiger partial charge in [0.1, 0.15) is 5.82 Å². The lowest BCUT2D eigenvalue weighted by atomic mass is 10.1.